The Balaban J connectivity index is 1.74. The summed E-state index contributed by atoms with van der Waals surface area (Å²) in [6.07, 6.45) is 6.31. The van der Waals surface area contributed by atoms with E-state index in [1.54, 1.807) is 11.3 Å². The monoisotopic (exact) mass is 409 g/mol. The topological polar surface area (TPSA) is 12.5 Å². The average Bonchev–Trinajstić information content (AvgIpc) is 3.19. The molecule has 0 N–H and O–H groups in total. The maximum absolute atomic E-state index is 5.89. The SMILES string of the molecule is CCN(C/C=C/C#CC(C)(C)C)Cc1cccc(COCCCc2ccsc2)c1. The normalized spacial score (nSPS) is 11.8. The van der Waals surface area contributed by atoms with E-state index in [0.29, 0.717) is 6.61 Å². The number of rotatable bonds is 11. The second-order valence-electron chi connectivity index (χ2n) is 8.36. The molecular weight excluding hydrogens is 374 g/mol. The zero-order chi connectivity index (χ0) is 21.0. The Bertz CT molecular complexity index is 790. The molecule has 2 aromatic rings. The van der Waals surface area contributed by atoms with Crippen LogP contribution < -0.4 is 0 Å². The second-order valence-corrected chi connectivity index (χ2v) is 9.14. The number of hydrogen-bond donors (Lipinski definition) is 0. The van der Waals surface area contributed by atoms with Crippen LogP contribution in [0.3, 0.4) is 0 Å². The molecule has 2 nitrogen and oxygen atoms in total. The number of allylic oxidation sites excluding steroid dienone is 1. The molecule has 0 atom stereocenters. The van der Waals surface area contributed by atoms with Gasteiger partial charge in [-0.1, -0.05) is 49.1 Å². The smallest absolute Gasteiger partial charge is 0.0716 e. The van der Waals surface area contributed by atoms with Crippen molar-refractivity contribution in [2.24, 2.45) is 5.41 Å². The summed E-state index contributed by atoms with van der Waals surface area (Å²) in [5, 5.41) is 4.35. The minimum Gasteiger partial charge on any atom is -0.377 e. The van der Waals surface area contributed by atoms with E-state index in [2.05, 4.69) is 91.6 Å². The quantitative estimate of drug-likeness (QED) is 0.318. The Hall–Kier alpha value is -1.86. The molecule has 0 saturated heterocycles. The van der Waals surface area contributed by atoms with E-state index in [1.165, 1.54) is 16.7 Å². The highest BCUT2D eigenvalue weighted by Crippen LogP contribution is 2.12. The van der Waals surface area contributed by atoms with E-state index in [-0.39, 0.29) is 5.41 Å². The fourth-order valence-electron chi connectivity index (χ4n) is 2.90. The summed E-state index contributed by atoms with van der Waals surface area (Å²) in [5.41, 5.74) is 4.06. The van der Waals surface area contributed by atoms with Gasteiger partial charge in [0.2, 0.25) is 0 Å². The lowest BCUT2D eigenvalue weighted by atomic mass is 9.98. The van der Waals surface area contributed by atoms with Gasteiger partial charge in [0.05, 0.1) is 6.61 Å². The maximum Gasteiger partial charge on any atom is 0.0716 e. The Morgan fingerprint density at radius 2 is 1.97 bits per heavy atom. The molecule has 0 amide bonds. The average molecular weight is 410 g/mol. The molecule has 0 unspecified atom stereocenters. The van der Waals surface area contributed by atoms with Gasteiger partial charge >= 0.3 is 0 Å². The third kappa shape index (κ3) is 10.5. The number of likely N-dealkylation sites (N-methyl/N-ethyl adjacent to an activating group) is 1. The Kier molecular flexibility index (Phi) is 10.2. The van der Waals surface area contributed by atoms with Crippen LogP contribution in [0.25, 0.3) is 0 Å². The van der Waals surface area contributed by atoms with Gasteiger partial charge in [-0.25, -0.2) is 0 Å². The largest absolute Gasteiger partial charge is 0.377 e. The third-order valence-corrected chi connectivity index (χ3v) is 5.19. The highest BCUT2D eigenvalue weighted by atomic mass is 32.1. The first-order chi connectivity index (χ1) is 14.0. The van der Waals surface area contributed by atoms with Crippen LogP contribution in [-0.2, 0) is 24.3 Å². The van der Waals surface area contributed by atoms with Crippen molar-refractivity contribution < 1.29 is 4.74 Å². The zero-order valence-corrected chi connectivity index (χ0v) is 19.2. The number of benzene rings is 1. The van der Waals surface area contributed by atoms with Crippen molar-refractivity contribution in [3.05, 3.63) is 69.9 Å². The van der Waals surface area contributed by atoms with Crippen LogP contribution in [-0.4, -0.2) is 24.6 Å². The molecule has 156 valence electrons. The predicted octanol–water partition coefficient (Wildman–Crippen LogP) is 6.33. The van der Waals surface area contributed by atoms with E-state index in [4.69, 9.17) is 4.74 Å². The molecule has 0 radical (unpaired) electrons. The highest BCUT2D eigenvalue weighted by Gasteiger charge is 2.04. The molecule has 29 heavy (non-hydrogen) atoms. The number of thiophene rings is 1. The molecule has 3 heteroatoms. The van der Waals surface area contributed by atoms with E-state index in [1.807, 2.05) is 6.08 Å². The number of nitrogens with zero attached hydrogens (tertiary/aromatic N) is 1. The molecule has 1 aromatic carbocycles. The van der Waals surface area contributed by atoms with Crippen molar-refractivity contribution in [2.75, 3.05) is 19.7 Å². The Morgan fingerprint density at radius 1 is 1.14 bits per heavy atom. The van der Waals surface area contributed by atoms with E-state index >= 15 is 0 Å². The number of ether oxygens (including phenoxy) is 1. The lowest BCUT2D eigenvalue weighted by Crippen LogP contribution is -2.22. The fourth-order valence-corrected chi connectivity index (χ4v) is 3.61. The molecule has 0 bridgehead atoms. The minimum absolute atomic E-state index is 0.0567. The van der Waals surface area contributed by atoms with Gasteiger partial charge in [-0.3, -0.25) is 4.90 Å². The first-order valence-corrected chi connectivity index (χ1v) is 11.5. The molecule has 0 fully saturated rings. The molecule has 0 aliphatic heterocycles. The van der Waals surface area contributed by atoms with Crippen LogP contribution in [0, 0.1) is 17.3 Å². The van der Waals surface area contributed by atoms with Crippen molar-refractivity contribution in [2.45, 2.75) is 53.7 Å². The molecule has 1 aromatic heterocycles. The van der Waals surface area contributed by atoms with Crippen molar-refractivity contribution in [1.29, 1.82) is 0 Å². The second kappa shape index (κ2) is 12.6. The summed E-state index contributed by atoms with van der Waals surface area (Å²) >= 11 is 1.76. The minimum atomic E-state index is 0.0567. The van der Waals surface area contributed by atoms with Crippen molar-refractivity contribution >= 4 is 11.3 Å². The Labute approximate surface area is 181 Å². The van der Waals surface area contributed by atoms with Gasteiger partial charge in [-0.2, -0.15) is 11.3 Å². The van der Waals surface area contributed by atoms with Gasteiger partial charge in [-0.05, 0) is 79.8 Å². The van der Waals surface area contributed by atoms with Crippen molar-refractivity contribution in [3.8, 4) is 11.8 Å². The van der Waals surface area contributed by atoms with Gasteiger partial charge in [0.25, 0.3) is 0 Å². The number of aryl methyl sites for hydroxylation is 1. The highest BCUT2D eigenvalue weighted by molar-refractivity contribution is 7.07. The van der Waals surface area contributed by atoms with Crippen LogP contribution in [0.2, 0.25) is 0 Å². The molecule has 0 aliphatic carbocycles. The lowest BCUT2D eigenvalue weighted by Gasteiger charge is -2.19. The number of hydrogen-bond acceptors (Lipinski definition) is 3. The van der Waals surface area contributed by atoms with Gasteiger partial charge in [0.15, 0.2) is 0 Å². The summed E-state index contributed by atoms with van der Waals surface area (Å²) < 4.78 is 5.89. The zero-order valence-electron chi connectivity index (χ0n) is 18.4. The molecule has 1 heterocycles. The lowest BCUT2D eigenvalue weighted by molar-refractivity contribution is 0.118. The predicted molar refractivity (Wildman–Crippen MR) is 126 cm³/mol. The first-order valence-electron chi connectivity index (χ1n) is 10.5. The first kappa shape index (κ1) is 23.4. The van der Waals surface area contributed by atoms with Crippen LogP contribution >= 0.6 is 11.3 Å². The standard InChI is InChI=1S/C26H35NOS/c1-5-27(16-8-6-7-15-26(2,3)4)20-24-11-9-12-25(19-24)21-28-17-10-13-23-14-18-29-22-23/h6,8-9,11-12,14,18-19,22H,5,10,13,16-17,20-21H2,1-4H3/b8-6+. The molecular formula is C26H35NOS. The van der Waals surface area contributed by atoms with Gasteiger partial charge < -0.3 is 4.74 Å². The summed E-state index contributed by atoms with van der Waals surface area (Å²) in [7, 11) is 0. The fraction of sp³-hybridized carbons (Fsp3) is 0.462. The maximum atomic E-state index is 5.89. The van der Waals surface area contributed by atoms with Crippen LogP contribution in [0.4, 0.5) is 0 Å². The van der Waals surface area contributed by atoms with Crippen LogP contribution in [0.15, 0.2) is 53.2 Å². The van der Waals surface area contributed by atoms with Crippen LogP contribution in [0.5, 0.6) is 0 Å². The van der Waals surface area contributed by atoms with E-state index < -0.39 is 0 Å². The summed E-state index contributed by atoms with van der Waals surface area (Å²) in [5.74, 6) is 6.39. The molecule has 2 rings (SSSR count). The molecule has 0 saturated carbocycles. The van der Waals surface area contributed by atoms with Crippen molar-refractivity contribution in [1.82, 2.24) is 4.90 Å². The van der Waals surface area contributed by atoms with Gasteiger partial charge in [0, 0.05) is 25.1 Å². The summed E-state index contributed by atoms with van der Waals surface area (Å²) in [6, 6.07) is 11.0. The van der Waals surface area contributed by atoms with Gasteiger partial charge in [0.1, 0.15) is 0 Å². The Morgan fingerprint density at radius 3 is 2.69 bits per heavy atom. The van der Waals surface area contributed by atoms with Gasteiger partial charge in [-0.15, -0.1) is 0 Å². The molecule has 0 spiro atoms. The van der Waals surface area contributed by atoms with E-state index in [9.17, 15) is 0 Å². The van der Waals surface area contributed by atoms with Crippen molar-refractivity contribution in [3.63, 3.8) is 0 Å². The third-order valence-electron chi connectivity index (χ3n) is 4.46. The summed E-state index contributed by atoms with van der Waals surface area (Å²) in [4.78, 5) is 2.41. The summed E-state index contributed by atoms with van der Waals surface area (Å²) in [6.45, 7) is 13.0. The van der Waals surface area contributed by atoms with Crippen LogP contribution in [0.1, 0.15) is 50.8 Å². The molecule has 0 aliphatic rings. The van der Waals surface area contributed by atoms with E-state index in [0.717, 1.165) is 39.1 Å².